The smallest absolute Gasteiger partial charge is 0.338 e. The largest absolute Gasteiger partial charge is 0.448 e. The van der Waals surface area contributed by atoms with Crippen LogP contribution in [-0.2, 0) is 9.53 Å². The van der Waals surface area contributed by atoms with E-state index in [-0.39, 0.29) is 16.5 Å². The fourth-order valence-corrected chi connectivity index (χ4v) is 1.79. The van der Waals surface area contributed by atoms with Crippen molar-refractivity contribution in [1.29, 1.82) is 0 Å². The summed E-state index contributed by atoms with van der Waals surface area (Å²) in [6.45, 7) is 3.32. The summed E-state index contributed by atoms with van der Waals surface area (Å²) in [6.07, 6.45) is -1.15. The quantitative estimate of drug-likeness (QED) is 0.827. The van der Waals surface area contributed by atoms with Crippen LogP contribution in [0.1, 0.15) is 24.2 Å². The Balaban J connectivity index is 2.88. The molecule has 1 rings (SSSR count). The number of primary amides is 1. The van der Waals surface area contributed by atoms with E-state index >= 15 is 0 Å². The van der Waals surface area contributed by atoms with E-state index in [4.69, 9.17) is 33.7 Å². The van der Waals surface area contributed by atoms with Crippen molar-refractivity contribution in [2.45, 2.75) is 20.0 Å². The van der Waals surface area contributed by atoms with Crippen molar-refractivity contribution in [3.63, 3.8) is 0 Å². The number of imide groups is 1. The van der Waals surface area contributed by atoms with Gasteiger partial charge in [0.15, 0.2) is 6.10 Å². The zero-order chi connectivity index (χ0) is 16.2. The third-order valence-corrected chi connectivity index (χ3v) is 3.24. The van der Waals surface area contributed by atoms with Crippen LogP contribution in [0, 0.1) is 5.92 Å². The van der Waals surface area contributed by atoms with Crippen LogP contribution in [0.25, 0.3) is 0 Å². The first-order valence-corrected chi connectivity index (χ1v) is 6.74. The highest BCUT2D eigenvalue weighted by Gasteiger charge is 2.28. The number of benzene rings is 1. The predicted molar refractivity (Wildman–Crippen MR) is 78.2 cm³/mol. The second kappa shape index (κ2) is 7.28. The predicted octanol–water partition coefficient (Wildman–Crippen LogP) is 2.37. The standard InChI is InChI=1S/C13H14Cl2N2O4/c1-6(2)10(11(18)17-13(16)20)21-12(19)7-3-4-8(14)9(15)5-7/h3-6,10H,1-2H3,(H3,16,17,18,20)/t10-/m0/s1. The van der Waals surface area contributed by atoms with Gasteiger partial charge in [0.05, 0.1) is 15.6 Å². The van der Waals surface area contributed by atoms with Crippen LogP contribution in [0.3, 0.4) is 0 Å². The number of carbonyl (C=O) groups excluding carboxylic acids is 3. The molecule has 0 bridgehead atoms. The number of hydrogen-bond donors (Lipinski definition) is 2. The molecule has 114 valence electrons. The molecule has 0 saturated carbocycles. The highest BCUT2D eigenvalue weighted by Crippen LogP contribution is 2.23. The lowest BCUT2D eigenvalue weighted by Crippen LogP contribution is -2.45. The minimum atomic E-state index is -1.15. The summed E-state index contributed by atoms with van der Waals surface area (Å²) in [5, 5.41) is 2.36. The average Bonchev–Trinajstić information content (AvgIpc) is 2.37. The van der Waals surface area contributed by atoms with Crippen LogP contribution >= 0.6 is 23.2 Å². The second-order valence-electron chi connectivity index (χ2n) is 4.55. The van der Waals surface area contributed by atoms with Crippen molar-refractivity contribution in [2.24, 2.45) is 11.7 Å². The van der Waals surface area contributed by atoms with Crippen molar-refractivity contribution < 1.29 is 19.1 Å². The van der Waals surface area contributed by atoms with E-state index in [9.17, 15) is 14.4 Å². The summed E-state index contributed by atoms with van der Waals surface area (Å²) >= 11 is 11.6. The van der Waals surface area contributed by atoms with Gasteiger partial charge in [-0.25, -0.2) is 9.59 Å². The van der Waals surface area contributed by atoms with E-state index in [1.54, 1.807) is 13.8 Å². The van der Waals surface area contributed by atoms with Gasteiger partial charge < -0.3 is 10.5 Å². The Labute approximate surface area is 131 Å². The Morgan fingerprint density at radius 2 is 1.81 bits per heavy atom. The van der Waals surface area contributed by atoms with Gasteiger partial charge in [-0.2, -0.15) is 0 Å². The summed E-state index contributed by atoms with van der Waals surface area (Å²) in [4.78, 5) is 34.4. The molecule has 1 atom stereocenters. The number of ether oxygens (including phenoxy) is 1. The maximum atomic E-state index is 12.0. The molecule has 0 unspecified atom stereocenters. The maximum Gasteiger partial charge on any atom is 0.338 e. The van der Waals surface area contributed by atoms with Crippen LogP contribution in [-0.4, -0.2) is 24.0 Å². The van der Waals surface area contributed by atoms with Gasteiger partial charge in [0.25, 0.3) is 5.91 Å². The van der Waals surface area contributed by atoms with E-state index in [1.165, 1.54) is 18.2 Å². The van der Waals surface area contributed by atoms with E-state index in [0.717, 1.165) is 0 Å². The number of rotatable bonds is 4. The number of hydrogen-bond acceptors (Lipinski definition) is 4. The summed E-state index contributed by atoms with van der Waals surface area (Å²) in [5.41, 5.74) is 5.01. The zero-order valence-corrected chi connectivity index (χ0v) is 12.9. The molecule has 1 aromatic rings. The van der Waals surface area contributed by atoms with Gasteiger partial charge in [-0.1, -0.05) is 37.0 Å². The molecule has 0 heterocycles. The first-order valence-electron chi connectivity index (χ1n) is 5.98. The fourth-order valence-electron chi connectivity index (χ4n) is 1.49. The number of halogens is 2. The van der Waals surface area contributed by atoms with E-state index in [1.807, 2.05) is 5.32 Å². The lowest BCUT2D eigenvalue weighted by atomic mass is 10.1. The first-order chi connectivity index (χ1) is 9.72. The molecular formula is C13H14Cl2N2O4. The van der Waals surface area contributed by atoms with Crippen molar-refractivity contribution in [3.8, 4) is 0 Å². The summed E-state index contributed by atoms with van der Waals surface area (Å²) in [6, 6.07) is 3.17. The van der Waals surface area contributed by atoms with Gasteiger partial charge in [-0.3, -0.25) is 10.1 Å². The van der Waals surface area contributed by atoms with E-state index in [2.05, 4.69) is 0 Å². The molecule has 0 aliphatic carbocycles. The Morgan fingerprint density at radius 1 is 1.19 bits per heavy atom. The summed E-state index contributed by atoms with van der Waals surface area (Å²) < 4.78 is 5.10. The van der Waals surface area contributed by atoms with Gasteiger partial charge in [0, 0.05) is 0 Å². The molecule has 0 spiro atoms. The molecule has 0 aromatic heterocycles. The zero-order valence-electron chi connectivity index (χ0n) is 11.4. The Kier molecular flexibility index (Phi) is 5.99. The minimum absolute atomic E-state index is 0.141. The lowest BCUT2D eigenvalue weighted by Gasteiger charge is -2.19. The van der Waals surface area contributed by atoms with Crippen LogP contribution in [0.2, 0.25) is 10.0 Å². The SMILES string of the molecule is CC(C)[C@H](OC(=O)c1ccc(Cl)c(Cl)c1)C(=O)NC(N)=O. The number of nitrogens with one attached hydrogen (secondary N) is 1. The van der Waals surface area contributed by atoms with Gasteiger partial charge in [-0.05, 0) is 24.1 Å². The Morgan fingerprint density at radius 3 is 2.29 bits per heavy atom. The molecule has 3 N–H and O–H groups in total. The third kappa shape index (κ3) is 4.91. The number of amides is 3. The maximum absolute atomic E-state index is 12.0. The molecule has 8 heteroatoms. The molecule has 21 heavy (non-hydrogen) atoms. The van der Waals surface area contributed by atoms with E-state index in [0.29, 0.717) is 5.02 Å². The number of nitrogens with two attached hydrogens (primary N) is 1. The van der Waals surface area contributed by atoms with Crippen LogP contribution in [0.15, 0.2) is 18.2 Å². The monoisotopic (exact) mass is 332 g/mol. The van der Waals surface area contributed by atoms with Crippen molar-refractivity contribution in [1.82, 2.24) is 5.32 Å². The van der Waals surface area contributed by atoms with Gasteiger partial charge in [-0.15, -0.1) is 0 Å². The van der Waals surface area contributed by atoms with Crippen molar-refractivity contribution in [3.05, 3.63) is 33.8 Å². The molecule has 3 amide bonds. The molecular weight excluding hydrogens is 319 g/mol. The first kappa shape index (κ1) is 17.3. The minimum Gasteiger partial charge on any atom is -0.448 e. The summed E-state index contributed by atoms with van der Waals surface area (Å²) in [5.74, 6) is -1.89. The number of esters is 1. The Hall–Kier alpha value is -1.79. The molecule has 0 fully saturated rings. The number of urea groups is 1. The van der Waals surface area contributed by atoms with Gasteiger partial charge in [0.2, 0.25) is 0 Å². The van der Waals surface area contributed by atoms with Crippen LogP contribution in [0.4, 0.5) is 4.79 Å². The fraction of sp³-hybridized carbons (Fsp3) is 0.308. The molecule has 0 saturated heterocycles. The number of carbonyl (C=O) groups is 3. The van der Waals surface area contributed by atoms with Crippen LogP contribution < -0.4 is 11.1 Å². The molecule has 0 radical (unpaired) electrons. The molecule has 1 aromatic carbocycles. The lowest BCUT2D eigenvalue weighted by molar-refractivity contribution is -0.130. The molecule has 0 aliphatic heterocycles. The third-order valence-electron chi connectivity index (χ3n) is 2.50. The van der Waals surface area contributed by atoms with Crippen molar-refractivity contribution in [2.75, 3.05) is 0 Å². The highest BCUT2D eigenvalue weighted by atomic mass is 35.5. The normalized spacial score (nSPS) is 11.9. The van der Waals surface area contributed by atoms with Gasteiger partial charge in [0.1, 0.15) is 0 Å². The highest BCUT2D eigenvalue weighted by molar-refractivity contribution is 6.42. The molecule has 6 nitrogen and oxygen atoms in total. The topological polar surface area (TPSA) is 98.5 Å². The summed E-state index contributed by atoms with van der Waals surface area (Å²) in [7, 11) is 0. The average molecular weight is 333 g/mol. The second-order valence-corrected chi connectivity index (χ2v) is 5.37. The van der Waals surface area contributed by atoms with Crippen LogP contribution in [0.5, 0.6) is 0 Å². The molecule has 0 aliphatic rings. The Bertz CT molecular complexity index is 575. The van der Waals surface area contributed by atoms with Crippen molar-refractivity contribution >= 4 is 41.1 Å². The van der Waals surface area contributed by atoms with Gasteiger partial charge >= 0.3 is 12.0 Å². The van der Waals surface area contributed by atoms with E-state index < -0.39 is 24.0 Å².